The summed E-state index contributed by atoms with van der Waals surface area (Å²) in [5.74, 6) is 6.87. The van der Waals surface area contributed by atoms with Crippen molar-refractivity contribution in [1.29, 1.82) is 0 Å². The van der Waals surface area contributed by atoms with Gasteiger partial charge >= 0.3 is 0 Å². The maximum atomic E-state index is 5.82. The lowest BCUT2D eigenvalue weighted by atomic mass is 10.1. The van der Waals surface area contributed by atoms with Crippen LogP contribution in [0.15, 0.2) is 383 Å². The third kappa shape index (κ3) is 24.0. The molecule has 0 fully saturated rings. The standard InChI is InChI=1S/C104H112N12S4/c1-81-61-69-93(70-62-81)113-97(109(5)89-53-33-21-34-54-89)98(110(6)90-55-35-22-36-56-90)114(94-71-63-82(2)64-72-94)102(106-86-47-27-18-28-48-86)118-78-42-15-11-12-16-44-80-120-104(108-88-51-31-20-32-52-88)116(96-75-67-84(4)68-76-96)100(112(8)92-59-39-24-40-60-92)99(111(7)91-57-37-23-38-58-91)115(95-73-65-83(3)66-74-95)103(107-87-49-29-19-30-50-87)119-79-43-14-10-9-13-41-77-117-101(113)105-85-45-25-17-26-46-85/h17-40,45-76H,9-16,41-44,77-80H2,1-8H3/b98-97-,100-99-,105-101?,106-102?,107-103?,108-104?. The van der Waals surface area contributed by atoms with Crippen molar-refractivity contribution in [3.05, 3.63) is 385 Å². The minimum absolute atomic E-state index is 0.830. The van der Waals surface area contributed by atoms with Gasteiger partial charge in [0, 0.05) is 96.7 Å². The molecule has 120 heavy (non-hydrogen) atoms. The Morgan fingerprint density at radius 2 is 0.358 bits per heavy atom. The zero-order valence-corrected chi connectivity index (χ0v) is 73.9. The topological polar surface area (TPSA) is 75.4 Å². The number of hydrogen-bond donors (Lipinski definition) is 0. The van der Waals surface area contributed by atoms with Crippen molar-refractivity contribution in [2.75, 3.05) is 90.4 Å². The van der Waals surface area contributed by atoms with Crippen LogP contribution in [0.3, 0.4) is 0 Å². The van der Waals surface area contributed by atoms with E-state index >= 15 is 0 Å². The monoisotopic (exact) mass is 1660 g/mol. The molecule has 0 atom stereocenters. The lowest BCUT2D eigenvalue weighted by Crippen LogP contribution is -2.46. The van der Waals surface area contributed by atoms with Crippen molar-refractivity contribution in [3.63, 3.8) is 0 Å². The predicted octanol–water partition coefficient (Wildman–Crippen LogP) is 28.4. The number of rotatable bonds is 16. The van der Waals surface area contributed by atoms with Crippen LogP contribution in [0.25, 0.3) is 0 Å². The van der Waals surface area contributed by atoms with Gasteiger partial charge in [-0.1, -0.05) is 315 Å². The Balaban J connectivity index is 0.955. The summed E-state index contributed by atoms with van der Waals surface area (Å²) in [5, 5.41) is 3.41. The highest BCUT2D eigenvalue weighted by molar-refractivity contribution is 8.15. The van der Waals surface area contributed by atoms with E-state index in [-0.39, 0.29) is 0 Å². The fourth-order valence-corrected chi connectivity index (χ4v) is 18.4. The van der Waals surface area contributed by atoms with Crippen LogP contribution >= 0.6 is 47.0 Å². The summed E-state index contributed by atoms with van der Waals surface area (Å²) < 4.78 is 0. The van der Waals surface area contributed by atoms with Gasteiger partial charge in [0.1, 0.15) is 0 Å². The molecular weight excluding hydrogens is 1550 g/mol. The Morgan fingerprint density at radius 3 is 0.533 bits per heavy atom. The van der Waals surface area contributed by atoms with Crippen molar-refractivity contribution < 1.29 is 0 Å². The smallest absolute Gasteiger partial charge is 0.174 e. The second-order valence-corrected chi connectivity index (χ2v) is 34.4. The SMILES string of the molecule is Cc1ccc(N2C(=Nc3ccccc3)SCCCCCCCCSC(=Nc3ccccc3)N(c3ccc(C)cc3)/C(N(C)c3ccccc3)=C(/N(C)c3ccccc3)N(c3ccc(C)cc3)C(=Nc3ccccc3)SCCCCCCCCSC(=Nc3ccccc3)N(c3ccc(C)cc3)/C(N(C)c3ccccc3)=C\2N(C)c2ccccc2)cc1. The molecule has 0 unspecified atom stereocenters. The van der Waals surface area contributed by atoms with E-state index in [0.29, 0.717) is 0 Å². The molecule has 12 aromatic carbocycles. The average molecular weight is 1660 g/mol. The molecule has 13 rings (SSSR count). The summed E-state index contributed by atoms with van der Waals surface area (Å²) in [6.07, 6.45) is 12.5. The molecule has 1 heterocycles. The van der Waals surface area contributed by atoms with Crippen molar-refractivity contribution in [2.24, 2.45) is 20.0 Å². The minimum Gasteiger partial charge on any atom is -0.327 e. The molecule has 0 amide bonds. The summed E-state index contributed by atoms with van der Waals surface area (Å²) in [6, 6.07) is 121. The van der Waals surface area contributed by atoms with Gasteiger partial charge in [0.25, 0.3) is 0 Å². The molecule has 0 aliphatic carbocycles. The number of aryl methyl sites for hydroxylation is 4. The Kier molecular flexibility index (Phi) is 32.5. The van der Waals surface area contributed by atoms with Crippen LogP contribution in [0, 0.1) is 27.7 Å². The first kappa shape index (κ1) is 86.4. The number of nitrogens with zero attached hydrogens (tertiary/aromatic N) is 12. The minimum atomic E-state index is 0.830. The van der Waals surface area contributed by atoms with Crippen molar-refractivity contribution in [1.82, 2.24) is 0 Å². The van der Waals surface area contributed by atoms with Crippen LogP contribution in [0.1, 0.15) is 99.3 Å². The van der Waals surface area contributed by atoms with E-state index in [0.717, 1.165) is 212 Å². The van der Waals surface area contributed by atoms with Crippen LogP contribution in [0.5, 0.6) is 0 Å². The van der Waals surface area contributed by atoms with Gasteiger partial charge in [-0.15, -0.1) is 0 Å². The van der Waals surface area contributed by atoms with Gasteiger partial charge in [-0.2, -0.15) is 0 Å². The third-order valence-corrected chi connectivity index (χ3v) is 25.1. The second kappa shape index (κ2) is 45.1. The number of benzene rings is 12. The van der Waals surface area contributed by atoms with Gasteiger partial charge in [-0.3, -0.25) is 19.6 Å². The predicted molar refractivity (Wildman–Crippen MR) is 527 cm³/mol. The van der Waals surface area contributed by atoms with Crippen molar-refractivity contribution in [2.45, 2.75) is 105 Å². The van der Waals surface area contributed by atoms with Crippen LogP contribution < -0.4 is 39.2 Å². The lowest BCUT2D eigenvalue weighted by Gasteiger charge is -2.42. The average Bonchev–Trinajstić information content (AvgIpc) is 0.758. The quantitative estimate of drug-likeness (QED) is 0.0925. The first-order valence-electron chi connectivity index (χ1n) is 42.1. The zero-order valence-electron chi connectivity index (χ0n) is 70.6. The molecule has 1 aliphatic heterocycles. The number of amidine groups is 4. The first-order chi connectivity index (χ1) is 58.9. The van der Waals surface area contributed by atoms with Crippen LogP contribution in [0.2, 0.25) is 0 Å². The molecule has 0 aromatic heterocycles. The second-order valence-electron chi connectivity index (χ2n) is 30.1. The first-order valence-corrected chi connectivity index (χ1v) is 46.0. The fourth-order valence-electron chi connectivity index (χ4n) is 14.3. The molecule has 0 bridgehead atoms. The highest BCUT2D eigenvalue weighted by atomic mass is 32.2. The van der Waals surface area contributed by atoms with Gasteiger partial charge in [0.15, 0.2) is 44.0 Å². The van der Waals surface area contributed by atoms with E-state index in [9.17, 15) is 0 Å². The molecule has 12 aromatic rings. The van der Waals surface area contributed by atoms with Gasteiger partial charge in [-0.05, 0) is 199 Å². The van der Waals surface area contributed by atoms with E-state index < -0.39 is 0 Å². The maximum Gasteiger partial charge on any atom is 0.174 e. The summed E-state index contributed by atoms with van der Waals surface area (Å²) >= 11 is 7.30. The summed E-state index contributed by atoms with van der Waals surface area (Å²) in [7, 11) is 8.85. The molecule has 0 saturated heterocycles. The highest BCUT2D eigenvalue weighted by Gasteiger charge is 2.38. The normalized spacial score (nSPS) is 17.5. The highest BCUT2D eigenvalue weighted by Crippen LogP contribution is 2.43. The Hall–Kier alpha value is -11.4. The van der Waals surface area contributed by atoms with Gasteiger partial charge in [0.05, 0.1) is 22.7 Å². The number of hydrogen-bond acceptors (Lipinski definition) is 12. The summed E-state index contributed by atoms with van der Waals surface area (Å²) in [4.78, 5) is 42.4. The molecule has 0 saturated carbocycles. The Bertz CT molecular complexity index is 4630. The molecular formula is C104H112N12S4. The molecule has 0 N–H and O–H groups in total. The van der Waals surface area contributed by atoms with Gasteiger partial charge in [0.2, 0.25) is 0 Å². The summed E-state index contributed by atoms with van der Waals surface area (Å²) in [6.45, 7) is 8.68. The van der Waals surface area contributed by atoms with E-state index in [1.54, 1.807) is 0 Å². The number of anilines is 8. The van der Waals surface area contributed by atoms with Crippen molar-refractivity contribution >= 4 is 136 Å². The zero-order chi connectivity index (χ0) is 83.0. The number of para-hydroxylation sites is 8. The molecule has 612 valence electrons. The van der Waals surface area contributed by atoms with Crippen molar-refractivity contribution in [3.8, 4) is 0 Å². The Labute approximate surface area is 731 Å². The van der Waals surface area contributed by atoms with E-state index in [2.05, 4.69) is 435 Å². The maximum absolute atomic E-state index is 5.82. The largest absolute Gasteiger partial charge is 0.327 e. The van der Waals surface area contributed by atoms with Gasteiger partial charge < -0.3 is 19.6 Å². The molecule has 16 heteroatoms. The molecule has 12 nitrogen and oxygen atoms in total. The van der Waals surface area contributed by atoms with E-state index in [1.165, 1.54) is 22.3 Å². The van der Waals surface area contributed by atoms with Crippen LogP contribution in [-0.4, -0.2) is 71.9 Å². The number of thioether (sulfide) groups is 4. The summed E-state index contributed by atoms with van der Waals surface area (Å²) in [5.41, 5.74) is 16.1. The molecule has 0 radical (unpaired) electrons. The molecule has 1 aliphatic rings. The van der Waals surface area contributed by atoms with E-state index in [1.807, 2.05) is 47.0 Å². The fraction of sp³-hybridized carbons (Fsp3) is 0.231. The van der Waals surface area contributed by atoms with E-state index in [4.69, 9.17) is 20.0 Å². The molecule has 0 spiro atoms. The lowest BCUT2D eigenvalue weighted by molar-refractivity contribution is 0.629. The van der Waals surface area contributed by atoms with Crippen LogP contribution in [0.4, 0.5) is 68.2 Å². The van der Waals surface area contributed by atoms with Crippen LogP contribution in [-0.2, 0) is 0 Å². The third-order valence-electron chi connectivity index (χ3n) is 21.0. The Morgan fingerprint density at radius 1 is 0.200 bits per heavy atom. The number of aliphatic imine (C=N–C) groups is 4. The van der Waals surface area contributed by atoms with Gasteiger partial charge in [-0.25, -0.2) is 20.0 Å².